The molecular weight excluding hydrogens is 616 g/mol. The molecule has 4 aromatic rings. The molecule has 47 heavy (non-hydrogen) atoms. The van der Waals surface area contributed by atoms with Crippen LogP contribution in [0.1, 0.15) is 98.5 Å². The number of thiophene rings is 1. The average Bonchev–Trinajstić information content (AvgIpc) is 3.84. The third-order valence-corrected chi connectivity index (χ3v) is 12.2. The third kappa shape index (κ3) is 4.66. The van der Waals surface area contributed by atoms with Crippen LogP contribution < -0.4 is 16.2 Å². The van der Waals surface area contributed by atoms with Crippen molar-refractivity contribution in [2.24, 2.45) is 0 Å². The highest BCUT2D eigenvalue weighted by molar-refractivity contribution is 7.16. The second-order valence-electron chi connectivity index (χ2n) is 13.7. The zero-order valence-electron chi connectivity index (χ0n) is 27.4. The van der Waals surface area contributed by atoms with E-state index in [-0.39, 0.29) is 23.9 Å². The van der Waals surface area contributed by atoms with Crippen LogP contribution in [0.3, 0.4) is 0 Å². The predicted octanol–water partition coefficient (Wildman–Crippen LogP) is 4.95. The first-order valence-electron chi connectivity index (χ1n) is 17.1. The summed E-state index contributed by atoms with van der Waals surface area (Å²) in [6.07, 6.45) is 9.04. The number of anilines is 1. The summed E-state index contributed by atoms with van der Waals surface area (Å²) in [4.78, 5) is 27.7. The van der Waals surface area contributed by atoms with Gasteiger partial charge in [0.15, 0.2) is 11.2 Å². The monoisotopic (exact) mass is 658 g/mol. The molecule has 6 heterocycles. The number of hydrogen-bond acceptors (Lipinski definition) is 11. The number of imidazole rings is 1. The quantitative estimate of drug-likeness (QED) is 0.301. The zero-order chi connectivity index (χ0) is 32.4. The van der Waals surface area contributed by atoms with Gasteiger partial charge in [0.05, 0.1) is 23.9 Å². The first-order chi connectivity index (χ1) is 22.9. The summed E-state index contributed by atoms with van der Waals surface area (Å²) in [5, 5.41) is 15.5. The minimum atomic E-state index is -0.430. The van der Waals surface area contributed by atoms with Gasteiger partial charge in [0.1, 0.15) is 17.2 Å². The Labute approximate surface area is 277 Å². The van der Waals surface area contributed by atoms with E-state index in [1.807, 2.05) is 6.92 Å². The maximum Gasteiger partial charge on any atom is 0.330 e. The minimum absolute atomic E-state index is 0.132. The maximum atomic E-state index is 14.0. The van der Waals surface area contributed by atoms with Crippen molar-refractivity contribution < 1.29 is 14.0 Å². The Morgan fingerprint density at radius 2 is 2.02 bits per heavy atom. The van der Waals surface area contributed by atoms with Crippen LogP contribution in [0.15, 0.2) is 9.32 Å². The lowest BCUT2D eigenvalue weighted by Gasteiger charge is -2.39. The lowest BCUT2D eigenvalue weighted by Crippen LogP contribution is -2.38. The third-order valence-electron chi connectivity index (χ3n) is 11.1. The van der Waals surface area contributed by atoms with Crippen LogP contribution in [0.5, 0.6) is 5.88 Å². The second-order valence-corrected chi connectivity index (χ2v) is 14.8. The largest absolute Gasteiger partial charge is 0.471 e. The highest BCUT2D eigenvalue weighted by atomic mass is 32.1. The van der Waals surface area contributed by atoms with Crippen molar-refractivity contribution in [3.8, 4) is 23.5 Å². The number of likely N-dealkylation sites (tertiary alicyclic amines) is 1. The molecule has 0 bridgehead atoms. The molecule has 8 rings (SSSR count). The number of rotatable bonds is 6. The first kappa shape index (κ1) is 30.6. The molecule has 12 nitrogen and oxygen atoms in total. The summed E-state index contributed by atoms with van der Waals surface area (Å²) in [5.74, 6) is 1.26. The maximum absolute atomic E-state index is 14.0. The summed E-state index contributed by atoms with van der Waals surface area (Å²) in [5.41, 5.74) is 10.4. The molecule has 2 N–H and O–H groups in total. The summed E-state index contributed by atoms with van der Waals surface area (Å²) >= 11 is 1.53. The number of aryl methyl sites for hydroxylation is 2. The Hall–Kier alpha value is -3.73. The molecule has 0 saturated carbocycles. The molecule has 0 unspecified atom stereocenters. The number of fused-ring (bicyclic) bond motifs is 5. The van der Waals surface area contributed by atoms with Crippen LogP contribution in [-0.2, 0) is 29.5 Å². The van der Waals surface area contributed by atoms with Gasteiger partial charge in [-0.1, -0.05) is 5.16 Å². The van der Waals surface area contributed by atoms with Crippen molar-refractivity contribution in [3.05, 3.63) is 37.7 Å². The number of aromatic nitrogens is 5. The van der Waals surface area contributed by atoms with Gasteiger partial charge in [-0.25, -0.2) is 9.78 Å². The van der Waals surface area contributed by atoms with E-state index in [4.69, 9.17) is 34.9 Å². The molecule has 248 valence electrons. The van der Waals surface area contributed by atoms with E-state index in [2.05, 4.69) is 24.9 Å². The van der Waals surface area contributed by atoms with E-state index in [9.17, 15) is 10.1 Å². The zero-order valence-corrected chi connectivity index (χ0v) is 28.2. The summed E-state index contributed by atoms with van der Waals surface area (Å²) < 4.78 is 22.3. The van der Waals surface area contributed by atoms with Crippen molar-refractivity contribution >= 4 is 27.5 Å². The summed E-state index contributed by atoms with van der Waals surface area (Å²) in [6.45, 7) is 6.68. The van der Waals surface area contributed by atoms with Crippen LogP contribution >= 0.6 is 11.3 Å². The molecule has 2 saturated heterocycles. The Morgan fingerprint density at radius 3 is 2.74 bits per heavy atom. The fourth-order valence-electron chi connectivity index (χ4n) is 8.89. The lowest BCUT2D eigenvalue weighted by atomic mass is 9.62. The van der Waals surface area contributed by atoms with E-state index >= 15 is 0 Å². The SMILES string of the molecule is CCn1c(=O)n([C@@H]2CCCOC2)c2nc(-c3onc4c3CCC[C@@]43CCCc4sc(N)c(C#N)c43)nc(O[C@@H](C)[C@@H]3CCCN3C)c21. The van der Waals surface area contributed by atoms with Gasteiger partial charge in [-0.05, 0) is 97.2 Å². The van der Waals surface area contributed by atoms with Gasteiger partial charge in [-0.15, -0.1) is 11.3 Å². The van der Waals surface area contributed by atoms with E-state index in [1.165, 1.54) is 16.2 Å². The molecule has 1 spiro atoms. The molecule has 4 aromatic heterocycles. The van der Waals surface area contributed by atoms with Crippen molar-refractivity contribution in [3.63, 3.8) is 0 Å². The van der Waals surface area contributed by atoms with E-state index in [0.717, 1.165) is 87.6 Å². The Balaban J connectivity index is 1.32. The summed E-state index contributed by atoms with van der Waals surface area (Å²) in [7, 11) is 2.13. The number of hydrogen-bond donors (Lipinski definition) is 1. The molecule has 4 atom stereocenters. The minimum Gasteiger partial charge on any atom is -0.471 e. The van der Waals surface area contributed by atoms with Gasteiger partial charge < -0.3 is 19.7 Å². The van der Waals surface area contributed by atoms with E-state index in [0.29, 0.717) is 59.0 Å². The van der Waals surface area contributed by atoms with Gasteiger partial charge in [-0.3, -0.25) is 14.0 Å². The van der Waals surface area contributed by atoms with Crippen LogP contribution in [0, 0.1) is 11.3 Å². The van der Waals surface area contributed by atoms with Crippen molar-refractivity contribution in [2.75, 3.05) is 32.5 Å². The van der Waals surface area contributed by atoms with E-state index in [1.54, 1.807) is 9.13 Å². The highest BCUT2D eigenvalue weighted by Crippen LogP contribution is 2.54. The lowest BCUT2D eigenvalue weighted by molar-refractivity contribution is 0.0590. The Kier molecular flexibility index (Phi) is 7.65. The van der Waals surface area contributed by atoms with E-state index < -0.39 is 5.41 Å². The second kappa shape index (κ2) is 11.8. The molecule has 2 aliphatic carbocycles. The molecular formula is C34H42N8O4S. The predicted molar refractivity (Wildman–Crippen MR) is 178 cm³/mol. The fraction of sp³-hybridized carbons (Fsp3) is 0.618. The molecule has 0 amide bonds. The topological polar surface area (TPSA) is 150 Å². The fourth-order valence-corrected chi connectivity index (χ4v) is 10.1. The van der Waals surface area contributed by atoms with Gasteiger partial charge in [0.2, 0.25) is 17.5 Å². The number of nitrogens with zero attached hydrogens (tertiary/aromatic N) is 7. The molecule has 0 radical (unpaired) electrons. The van der Waals surface area contributed by atoms with Crippen LogP contribution in [0.4, 0.5) is 5.00 Å². The smallest absolute Gasteiger partial charge is 0.330 e. The number of likely N-dealkylation sites (N-methyl/N-ethyl adjacent to an activating group) is 1. The summed E-state index contributed by atoms with van der Waals surface area (Å²) in [6, 6.07) is 2.51. The number of nitriles is 1. The van der Waals surface area contributed by atoms with Crippen molar-refractivity contribution in [1.82, 2.24) is 29.2 Å². The average molecular weight is 659 g/mol. The van der Waals surface area contributed by atoms with Crippen molar-refractivity contribution in [1.29, 1.82) is 5.26 Å². The number of nitrogens with two attached hydrogens (primary N) is 1. The molecule has 2 fully saturated rings. The first-order valence-corrected chi connectivity index (χ1v) is 18.0. The van der Waals surface area contributed by atoms with Gasteiger partial charge in [0.25, 0.3) is 0 Å². The van der Waals surface area contributed by atoms with Gasteiger partial charge in [0, 0.05) is 35.0 Å². The van der Waals surface area contributed by atoms with Gasteiger partial charge >= 0.3 is 5.69 Å². The number of ether oxygens (including phenoxy) is 2. The number of nitrogen functional groups attached to an aromatic ring is 1. The molecule has 2 aliphatic heterocycles. The Bertz CT molecular complexity index is 1940. The normalized spacial score (nSPS) is 25.1. The molecule has 13 heteroatoms. The standard InChI is InChI=1S/C34H42N8O4S/c1-4-41-26-31(42(33(41)43)20-9-8-16-44-18-20)37-30(38-32(26)45-19(2)23-11-7-15-40(23)3)27-21-10-5-13-34(28(21)39-46-27)14-6-12-24-25(34)22(17-35)29(36)47-24/h19-20,23H,4-16,18,36H2,1-3H3/t19-,20+,23-,34-/m0/s1. The van der Waals surface area contributed by atoms with Crippen LogP contribution in [-0.4, -0.2) is 68.1 Å². The van der Waals surface area contributed by atoms with Gasteiger partial charge in [-0.2, -0.15) is 10.2 Å². The van der Waals surface area contributed by atoms with Crippen LogP contribution in [0.25, 0.3) is 22.7 Å². The highest BCUT2D eigenvalue weighted by Gasteiger charge is 2.48. The molecule has 4 aliphatic rings. The molecule has 0 aromatic carbocycles. The van der Waals surface area contributed by atoms with Crippen LogP contribution in [0.2, 0.25) is 0 Å². The Morgan fingerprint density at radius 1 is 1.19 bits per heavy atom. The van der Waals surface area contributed by atoms with Crippen molar-refractivity contribution in [2.45, 2.75) is 108 Å².